The Labute approximate surface area is 192 Å². The van der Waals surface area contributed by atoms with E-state index < -0.39 is 0 Å². The van der Waals surface area contributed by atoms with Gasteiger partial charge in [-0.1, -0.05) is 66.4 Å². The summed E-state index contributed by atoms with van der Waals surface area (Å²) < 4.78 is 7.53. The molecule has 0 spiro atoms. The van der Waals surface area contributed by atoms with Crippen molar-refractivity contribution in [3.63, 3.8) is 0 Å². The molecule has 32 heavy (non-hydrogen) atoms. The molecule has 0 aliphatic rings. The summed E-state index contributed by atoms with van der Waals surface area (Å²) in [5.41, 5.74) is 4.38. The maximum absolute atomic E-state index is 12.8. The second-order valence-corrected chi connectivity index (χ2v) is 8.68. The van der Waals surface area contributed by atoms with Crippen molar-refractivity contribution in [3.8, 4) is 11.4 Å². The Hall–Kier alpha value is -3.32. The van der Waals surface area contributed by atoms with Crippen LogP contribution in [0.4, 0.5) is 0 Å². The monoisotopic (exact) mass is 446 g/mol. The first-order valence-corrected chi connectivity index (χ1v) is 11.4. The van der Waals surface area contributed by atoms with Gasteiger partial charge in [-0.25, -0.2) is 0 Å². The summed E-state index contributed by atoms with van der Waals surface area (Å²) in [6, 6.07) is 20.2. The molecule has 4 aromatic rings. The quantitative estimate of drug-likeness (QED) is 0.358. The zero-order chi connectivity index (χ0) is 22.5. The third kappa shape index (κ3) is 4.94. The van der Waals surface area contributed by atoms with Crippen LogP contribution in [0.15, 0.2) is 76.5 Å². The lowest BCUT2D eigenvalue weighted by atomic mass is 10.1. The molecule has 0 fully saturated rings. The molecule has 7 heteroatoms. The second-order valence-electron chi connectivity index (χ2n) is 7.73. The van der Waals surface area contributed by atoms with E-state index in [4.69, 9.17) is 4.42 Å². The molecule has 0 aliphatic carbocycles. The molecule has 2 aromatic heterocycles. The highest BCUT2D eigenvalue weighted by Crippen LogP contribution is 2.28. The molecule has 0 aliphatic heterocycles. The molecule has 0 saturated heterocycles. The number of aromatic nitrogens is 3. The smallest absolute Gasteiger partial charge is 0.233 e. The van der Waals surface area contributed by atoms with Crippen LogP contribution in [0.2, 0.25) is 0 Å². The molecule has 1 amide bonds. The second kappa shape index (κ2) is 9.87. The van der Waals surface area contributed by atoms with E-state index in [9.17, 15) is 4.79 Å². The molecule has 0 N–H and O–H groups in total. The summed E-state index contributed by atoms with van der Waals surface area (Å²) >= 11 is 1.41. The van der Waals surface area contributed by atoms with Gasteiger partial charge < -0.3 is 9.32 Å². The maximum atomic E-state index is 12.8. The number of hydrogen-bond acceptors (Lipinski definition) is 5. The van der Waals surface area contributed by atoms with Crippen molar-refractivity contribution in [2.24, 2.45) is 0 Å². The first-order chi connectivity index (χ1) is 15.5. The zero-order valence-corrected chi connectivity index (χ0v) is 19.3. The lowest BCUT2D eigenvalue weighted by molar-refractivity contribution is -0.127. The van der Waals surface area contributed by atoms with Crippen LogP contribution in [0.3, 0.4) is 0 Å². The van der Waals surface area contributed by atoms with Gasteiger partial charge in [-0.05, 0) is 36.6 Å². The molecule has 0 unspecified atom stereocenters. The molecule has 0 atom stereocenters. The Morgan fingerprint density at radius 2 is 1.78 bits per heavy atom. The molecule has 0 bridgehead atoms. The van der Waals surface area contributed by atoms with E-state index in [2.05, 4.69) is 41.4 Å². The number of hydrogen-bond donors (Lipinski definition) is 0. The van der Waals surface area contributed by atoms with Gasteiger partial charge in [-0.2, -0.15) is 0 Å². The average Bonchev–Trinajstić information content (AvgIpc) is 3.39. The number of carbonyl (C=O) groups excluding carboxylic acids is 1. The minimum atomic E-state index is 0.0496. The topological polar surface area (TPSA) is 64.2 Å². The lowest BCUT2D eigenvalue weighted by Crippen LogP contribution is -2.28. The van der Waals surface area contributed by atoms with Crippen molar-refractivity contribution in [3.05, 3.63) is 89.4 Å². The van der Waals surface area contributed by atoms with Gasteiger partial charge in [0.15, 0.2) is 11.0 Å². The van der Waals surface area contributed by atoms with Crippen LogP contribution in [-0.4, -0.2) is 38.4 Å². The third-order valence-corrected chi connectivity index (χ3v) is 6.37. The van der Waals surface area contributed by atoms with Gasteiger partial charge in [0.1, 0.15) is 5.76 Å². The van der Waals surface area contributed by atoms with E-state index in [1.165, 1.54) is 17.3 Å². The van der Waals surface area contributed by atoms with Crippen molar-refractivity contribution >= 4 is 17.7 Å². The van der Waals surface area contributed by atoms with Gasteiger partial charge in [-0.3, -0.25) is 9.36 Å². The van der Waals surface area contributed by atoms with E-state index in [-0.39, 0.29) is 5.91 Å². The fraction of sp³-hybridized carbons (Fsp3) is 0.240. The van der Waals surface area contributed by atoms with Gasteiger partial charge >= 0.3 is 0 Å². The van der Waals surface area contributed by atoms with Crippen molar-refractivity contribution in [2.75, 3.05) is 12.8 Å². The summed E-state index contributed by atoms with van der Waals surface area (Å²) in [5.74, 6) is 1.87. The van der Waals surface area contributed by atoms with Gasteiger partial charge in [0.25, 0.3) is 0 Å². The minimum absolute atomic E-state index is 0.0496. The largest absolute Gasteiger partial charge is 0.469 e. The number of carbonyl (C=O) groups is 1. The Bertz CT molecular complexity index is 1200. The molecule has 6 nitrogen and oxygen atoms in total. The third-order valence-electron chi connectivity index (χ3n) is 5.42. The molecule has 0 saturated carbocycles. The predicted molar refractivity (Wildman–Crippen MR) is 126 cm³/mol. The Balaban J connectivity index is 1.51. The van der Waals surface area contributed by atoms with Crippen LogP contribution in [0.1, 0.15) is 22.5 Å². The standard InChI is InChI=1S/C25H26N4O2S/c1-18-9-7-8-12-21(18)16-28(3)23(30)17-32-25-27-26-24(22-13-14-31-19(22)2)29(25)15-20-10-5-4-6-11-20/h4-14H,15-17H2,1-3H3. The maximum Gasteiger partial charge on any atom is 0.233 e. The minimum Gasteiger partial charge on any atom is -0.469 e. The highest BCUT2D eigenvalue weighted by molar-refractivity contribution is 7.99. The molecule has 0 radical (unpaired) electrons. The van der Waals surface area contributed by atoms with Crippen LogP contribution in [0.25, 0.3) is 11.4 Å². The molecule has 2 aromatic carbocycles. The highest BCUT2D eigenvalue weighted by Gasteiger charge is 2.19. The van der Waals surface area contributed by atoms with Crippen LogP contribution in [-0.2, 0) is 17.9 Å². The molecule has 2 heterocycles. The summed E-state index contributed by atoms with van der Waals surface area (Å²) in [6.07, 6.45) is 1.66. The molecular weight excluding hydrogens is 420 g/mol. The van der Waals surface area contributed by atoms with E-state index in [1.54, 1.807) is 11.2 Å². The summed E-state index contributed by atoms with van der Waals surface area (Å²) in [5, 5.41) is 9.54. The first kappa shape index (κ1) is 21.9. The number of rotatable bonds is 8. The SMILES string of the molecule is Cc1ccccc1CN(C)C(=O)CSc1nnc(-c2ccoc2C)n1Cc1ccccc1. The van der Waals surface area contributed by atoms with Gasteiger partial charge in [0, 0.05) is 13.6 Å². The molecular formula is C25H26N4O2S. The van der Waals surface area contributed by atoms with Gasteiger partial charge in [-0.15, -0.1) is 10.2 Å². The van der Waals surface area contributed by atoms with Crippen molar-refractivity contribution in [2.45, 2.75) is 32.1 Å². The Morgan fingerprint density at radius 1 is 1.03 bits per heavy atom. The normalized spacial score (nSPS) is 11.0. The fourth-order valence-electron chi connectivity index (χ4n) is 3.49. The van der Waals surface area contributed by atoms with Crippen molar-refractivity contribution < 1.29 is 9.21 Å². The van der Waals surface area contributed by atoms with E-state index in [1.807, 2.05) is 54.9 Å². The van der Waals surface area contributed by atoms with Gasteiger partial charge in [0.05, 0.1) is 24.1 Å². The summed E-state index contributed by atoms with van der Waals surface area (Å²) in [7, 11) is 1.84. The number of thioether (sulfide) groups is 1. The van der Waals surface area contributed by atoms with Crippen molar-refractivity contribution in [1.29, 1.82) is 0 Å². The van der Waals surface area contributed by atoms with Gasteiger partial charge in [0.2, 0.25) is 5.91 Å². The van der Waals surface area contributed by atoms with Crippen LogP contribution >= 0.6 is 11.8 Å². The van der Waals surface area contributed by atoms with Crippen LogP contribution in [0.5, 0.6) is 0 Å². The van der Waals surface area contributed by atoms with Crippen LogP contribution < -0.4 is 0 Å². The Kier molecular flexibility index (Phi) is 6.75. The number of amides is 1. The highest BCUT2D eigenvalue weighted by atomic mass is 32.2. The Morgan fingerprint density at radius 3 is 2.50 bits per heavy atom. The van der Waals surface area contributed by atoms with Crippen molar-refractivity contribution in [1.82, 2.24) is 19.7 Å². The average molecular weight is 447 g/mol. The number of nitrogens with zero attached hydrogens (tertiary/aromatic N) is 4. The van der Waals surface area contributed by atoms with Crippen LogP contribution in [0, 0.1) is 13.8 Å². The first-order valence-electron chi connectivity index (χ1n) is 10.5. The number of benzene rings is 2. The van der Waals surface area contributed by atoms with E-state index in [0.29, 0.717) is 24.0 Å². The van der Waals surface area contributed by atoms with E-state index in [0.717, 1.165) is 28.3 Å². The summed E-state index contributed by atoms with van der Waals surface area (Å²) in [4.78, 5) is 14.6. The zero-order valence-electron chi connectivity index (χ0n) is 18.5. The predicted octanol–water partition coefficient (Wildman–Crippen LogP) is 4.95. The number of aryl methyl sites for hydroxylation is 2. The summed E-state index contributed by atoms with van der Waals surface area (Å²) in [6.45, 7) is 5.17. The molecule has 4 rings (SSSR count). The molecule has 164 valence electrons. The van der Waals surface area contributed by atoms with E-state index >= 15 is 0 Å². The number of furan rings is 1. The lowest BCUT2D eigenvalue weighted by Gasteiger charge is -2.18. The fourth-order valence-corrected chi connectivity index (χ4v) is 4.37.